The summed E-state index contributed by atoms with van der Waals surface area (Å²) in [6.45, 7) is 4.71. The highest BCUT2D eigenvalue weighted by Gasteiger charge is 2.37. The fraction of sp³-hybridized carbons (Fsp3) is 0.296. The minimum atomic E-state index is -3.46. The fourth-order valence-corrected chi connectivity index (χ4v) is 5.56. The van der Waals surface area contributed by atoms with Gasteiger partial charge in [-0.3, -0.25) is 4.79 Å². The van der Waals surface area contributed by atoms with Gasteiger partial charge in [-0.25, -0.2) is 8.42 Å². The Balaban J connectivity index is 1.48. The van der Waals surface area contributed by atoms with Crippen LogP contribution in [0.3, 0.4) is 0 Å². The molecule has 2 atom stereocenters. The molecule has 1 saturated heterocycles. The second-order valence-electron chi connectivity index (χ2n) is 8.68. The monoisotopic (exact) mass is 479 g/mol. The van der Waals surface area contributed by atoms with Gasteiger partial charge in [0.25, 0.3) is 5.91 Å². The van der Waals surface area contributed by atoms with E-state index in [9.17, 15) is 13.2 Å². The van der Waals surface area contributed by atoms with Crippen LogP contribution >= 0.6 is 0 Å². The molecular formula is C27H29NO5S. The number of hydrogen-bond acceptors (Lipinski definition) is 5. The van der Waals surface area contributed by atoms with Crippen LogP contribution < -0.4 is 4.74 Å². The third-order valence-corrected chi connectivity index (χ3v) is 7.78. The van der Waals surface area contributed by atoms with E-state index in [1.807, 2.05) is 32.0 Å². The molecule has 1 aliphatic rings. The summed E-state index contributed by atoms with van der Waals surface area (Å²) in [5.74, 6) is 0.384. The highest BCUT2D eigenvalue weighted by Crippen LogP contribution is 2.25. The molecule has 6 nitrogen and oxygen atoms in total. The van der Waals surface area contributed by atoms with E-state index in [4.69, 9.17) is 9.47 Å². The van der Waals surface area contributed by atoms with Crippen molar-refractivity contribution in [2.45, 2.75) is 36.7 Å². The Kier molecular flexibility index (Phi) is 7.05. The van der Waals surface area contributed by atoms with Crippen molar-refractivity contribution < 1.29 is 22.7 Å². The molecule has 1 aliphatic heterocycles. The Bertz CT molecular complexity index is 1270. The summed E-state index contributed by atoms with van der Waals surface area (Å²) < 4.78 is 37.3. The maximum absolute atomic E-state index is 13.2. The molecule has 1 heterocycles. The summed E-state index contributed by atoms with van der Waals surface area (Å²) in [7, 11) is -1.86. The second-order valence-corrected chi connectivity index (χ2v) is 10.7. The minimum absolute atomic E-state index is 0.0444. The van der Waals surface area contributed by atoms with Crippen LogP contribution in [0.15, 0.2) is 77.7 Å². The number of aryl methyl sites for hydroxylation is 2. The minimum Gasteiger partial charge on any atom is -0.486 e. The number of hydrogen-bond donors (Lipinski definition) is 0. The summed E-state index contributed by atoms with van der Waals surface area (Å²) in [4.78, 5) is 15.2. The van der Waals surface area contributed by atoms with Crippen LogP contribution in [-0.2, 0) is 20.3 Å². The van der Waals surface area contributed by atoms with E-state index in [0.717, 1.165) is 11.1 Å². The lowest BCUT2D eigenvalue weighted by Gasteiger charge is -2.19. The molecule has 1 amide bonds. The maximum Gasteiger partial charge on any atom is 0.254 e. The van der Waals surface area contributed by atoms with Gasteiger partial charge in [0.15, 0.2) is 9.84 Å². The number of carbonyl (C=O) groups is 1. The number of benzene rings is 3. The first-order valence-corrected chi connectivity index (χ1v) is 12.8. The van der Waals surface area contributed by atoms with E-state index in [1.165, 1.54) is 0 Å². The molecule has 0 radical (unpaired) electrons. The SMILES string of the molecule is COC1CN(C(=O)c2cc(C)ccc2C)CC1Oc1cccc(CS(=O)(=O)c2ccccc2)c1. The van der Waals surface area contributed by atoms with Gasteiger partial charge in [0.1, 0.15) is 18.0 Å². The van der Waals surface area contributed by atoms with E-state index in [2.05, 4.69) is 0 Å². The van der Waals surface area contributed by atoms with Crippen molar-refractivity contribution in [2.24, 2.45) is 0 Å². The zero-order valence-electron chi connectivity index (χ0n) is 19.6. The molecule has 0 N–H and O–H groups in total. The molecule has 0 saturated carbocycles. The molecular weight excluding hydrogens is 450 g/mol. The number of methoxy groups -OCH3 is 1. The highest BCUT2D eigenvalue weighted by molar-refractivity contribution is 7.90. The summed E-state index contributed by atoms with van der Waals surface area (Å²) in [6, 6.07) is 21.3. The third kappa shape index (κ3) is 5.32. The van der Waals surface area contributed by atoms with Crippen LogP contribution in [0.25, 0.3) is 0 Å². The average Bonchev–Trinajstić information content (AvgIpc) is 3.23. The number of carbonyl (C=O) groups excluding carboxylic acids is 1. The van der Waals surface area contributed by atoms with Gasteiger partial charge in [0, 0.05) is 12.7 Å². The van der Waals surface area contributed by atoms with Gasteiger partial charge < -0.3 is 14.4 Å². The lowest BCUT2D eigenvalue weighted by molar-refractivity contribution is 0.0339. The normalized spacial score (nSPS) is 18.1. The molecule has 1 fully saturated rings. The summed E-state index contributed by atoms with van der Waals surface area (Å²) in [5, 5.41) is 0. The average molecular weight is 480 g/mol. The van der Waals surface area contributed by atoms with E-state index in [1.54, 1.807) is 66.6 Å². The molecule has 3 aromatic carbocycles. The predicted molar refractivity (Wildman–Crippen MR) is 131 cm³/mol. The van der Waals surface area contributed by atoms with Crippen molar-refractivity contribution in [2.75, 3.05) is 20.2 Å². The van der Waals surface area contributed by atoms with Crippen molar-refractivity contribution in [3.63, 3.8) is 0 Å². The number of ether oxygens (including phenoxy) is 2. The zero-order chi connectivity index (χ0) is 24.3. The Hall–Kier alpha value is -3.16. The zero-order valence-corrected chi connectivity index (χ0v) is 20.4. The van der Waals surface area contributed by atoms with E-state index in [0.29, 0.717) is 30.0 Å². The molecule has 178 valence electrons. The van der Waals surface area contributed by atoms with Gasteiger partial charge in [-0.15, -0.1) is 0 Å². The summed E-state index contributed by atoms with van der Waals surface area (Å²) in [5.41, 5.74) is 3.29. The van der Waals surface area contributed by atoms with Crippen molar-refractivity contribution in [1.29, 1.82) is 0 Å². The van der Waals surface area contributed by atoms with Crippen LogP contribution in [0.1, 0.15) is 27.0 Å². The standard InChI is InChI=1S/C27H29NO5S/c1-19-12-13-20(2)24(14-19)27(29)28-16-25(32-3)26(17-28)33-22-9-7-8-21(15-22)18-34(30,31)23-10-5-4-6-11-23/h4-15,25-26H,16-18H2,1-3H3. The first kappa shape index (κ1) is 24.0. The first-order chi connectivity index (χ1) is 16.3. The van der Waals surface area contributed by atoms with Crippen molar-refractivity contribution in [3.8, 4) is 5.75 Å². The van der Waals surface area contributed by atoms with Crippen LogP contribution in [0.5, 0.6) is 5.75 Å². The number of sulfone groups is 1. The number of nitrogens with zero attached hydrogens (tertiary/aromatic N) is 1. The largest absolute Gasteiger partial charge is 0.486 e. The Morgan fingerprint density at radius 2 is 1.68 bits per heavy atom. The van der Waals surface area contributed by atoms with Crippen LogP contribution in [0.2, 0.25) is 0 Å². The van der Waals surface area contributed by atoms with Crippen LogP contribution in [0, 0.1) is 13.8 Å². The van der Waals surface area contributed by atoms with Crippen molar-refractivity contribution >= 4 is 15.7 Å². The first-order valence-electron chi connectivity index (χ1n) is 11.2. The number of amides is 1. The van der Waals surface area contributed by atoms with E-state index >= 15 is 0 Å². The molecule has 34 heavy (non-hydrogen) atoms. The quantitative estimate of drug-likeness (QED) is 0.508. The Morgan fingerprint density at radius 3 is 2.41 bits per heavy atom. The van der Waals surface area contributed by atoms with Crippen molar-refractivity contribution in [1.82, 2.24) is 4.90 Å². The lowest BCUT2D eigenvalue weighted by Crippen LogP contribution is -2.32. The molecule has 0 aliphatic carbocycles. The van der Waals surface area contributed by atoms with Gasteiger partial charge in [-0.05, 0) is 55.3 Å². The number of rotatable bonds is 7. The molecule has 7 heteroatoms. The molecule has 0 spiro atoms. The number of likely N-dealkylation sites (tertiary alicyclic amines) is 1. The Morgan fingerprint density at radius 1 is 0.941 bits per heavy atom. The van der Waals surface area contributed by atoms with Gasteiger partial charge in [0.05, 0.1) is 23.7 Å². The molecule has 0 aromatic heterocycles. The fourth-order valence-electron chi connectivity index (χ4n) is 4.20. The smallest absolute Gasteiger partial charge is 0.254 e. The second kappa shape index (κ2) is 9.99. The summed E-state index contributed by atoms with van der Waals surface area (Å²) in [6.07, 6.45) is -0.647. The van der Waals surface area contributed by atoms with E-state index < -0.39 is 9.84 Å². The topological polar surface area (TPSA) is 72.9 Å². The molecule has 0 bridgehead atoms. The molecule has 3 aromatic rings. The van der Waals surface area contributed by atoms with Crippen LogP contribution in [0.4, 0.5) is 0 Å². The predicted octanol–water partition coefficient (Wildman–Crippen LogP) is 4.20. The highest BCUT2D eigenvalue weighted by atomic mass is 32.2. The van der Waals surface area contributed by atoms with Gasteiger partial charge in [-0.2, -0.15) is 0 Å². The Labute approximate surface area is 201 Å². The van der Waals surface area contributed by atoms with Crippen molar-refractivity contribution in [3.05, 3.63) is 95.1 Å². The molecule has 2 unspecified atom stereocenters. The van der Waals surface area contributed by atoms with Crippen LogP contribution in [-0.4, -0.2) is 51.6 Å². The lowest BCUT2D eigenvalue weighted by atomic mass is 10.0. The van der Waals surface area contributed by atoms with Gasteiger partial charge in [0.2, 0.25) is 0 Å². The van der Waals surface area contributed by atoms with Gasteiger partial charge in [-0.1, -0.05) is 48.0 Å². The summed E-state index contributed by atoms with van der Waals surface area (Å²) >= 11 is 0. The van der Waals surface area contributed by atoms with Gasteiger partial charge >= 0.3 is 0 Å². The van der Waals surface area contributed by atoms with E-state index in [-0.39, 0.29) is 28.8 Å². The molecule has 4 rings (SSSR count). The third-order valence-electron chi connectivity index (χ3n) is 6.07. The maximum atomic E-state index is 13.2.